The fourth-order valence-corrected chi connectivity index (χ4v) is 3.60. The maximum atomic E-state index is 13.0. The third-order valence-electron chi connectivity index (χ3n) is 4.06. The van der Waals surface area contributed by atoms with Crippen LogP contribution in [0.4, 0.5) is 4.39 Å². The maximum Gasteiger partial charge on any atom is 0.123 e. The Balaban J connectivity index is 2.07. The highest BCUT2D eigenvalue weighted by atomic mass is 32.2. The second-order valence-corrected chi connectivity index (χ2v) is 6.86. The molecule has 26 heavy (non-hydrogen) atoms. The number of thioether (sulfide) groups is 1. The maximum absolute atomic E-state index is 13.0. The van der Waals surface area contributed by atoms with Crippen LogP contribution in [0, 0.1) is 5.82 Å². The quantitative estimate of drug-likeness (QED) is 0.506. The zero-order chi connectivity index (χ0) is 18.9. The molecule has 0 atom stereocenters. The zero-order valence-electron chi connectivity index (χ0n) is 15.4. The van der Waals surface area contributed by atoms with E-state index in [1.165, 1.54) is 23.9 Å². The van der Waals surface area contributed by atoms with E-state index < -0.39 is 0 Å². The zero-order valence-corrected chi connectivity index (χ0v) is 16.2. The molecule has 1 aromatic carbocycles. The van der Waals surface area contributed by atoms with Crippen LogP contribution >= 0.6 is 11.8 Å². The van der Waals surface area contributed by atoms with Gasteiger partial charge in [-0.1, -0.05) is 31.4 Å². The van der Waals surface area contributed by atoms with Crippen LogP contribution in [-0.4, -0.2) is 17.7 Å². The first kappa shape index (κ1) is 20.0. The number of hydrogen-bond donors (Lipinski definition) is 0. The van der Waals surface area contributed by atoms with Gasteiger partial charge in [-0.3, -0.25) is 4.99 Å². The van der Waals surface area contributed by atoms with E-state index in [2.05, 4.69) is 48.3 Å². The van der Waals surface area contributed by atoms with E-state index in [1.807, 2.05) is 25.3 Å². The molecular formula is C22H25FN2S. The molecular weight excluding hydrogens is 343 g/mol. The van der Waals surface area contributed by atoms with Gasteiger partial charge in [0, 0.05) is 37.3 Å². The van der Waals surface area contributed by atoms with Gasteiger partial charge in [-0.2, -0.15) is 0 Å². The molecule has 0 saturated carbocycles. The summed E-state index contributed by atoms with van der Waals surface area (Å²) in [6, 6.07) is 6.66. The van der Waals surface area contributed by atoms with Crippen molar-refractivity contribution in [3.63, 3.8) is 0 Å². The molecule has 4 heteroatoms. The van der Waals surface area contributed by atoms with E-state index in [9.17, 15) is 4.39 Å². The average molecular weight is 369 g/mol. The van der Waals surface area contributed by atoms with Crippen LogP contribution in [0.25, 0.3) is 0 Å². The van der Waals surface area contributed by atoms with Crippen molar-refractivity contribution in [3.8, 4) is 0 Å². The van der Waals surface area contributed by atoms with Crippen molar-refractivity contribution < 1.29 is 4.39 Å². The van der Waals surface area contributed by atoms with Gasteiger partial charge in [0.05, 0.1) is 5.03 Å². The van der Waals surface area contributed by atoms with E-state index in [4.69, 9.17) is 0 Å². The average Bonchev–Trinajstić information content (AvgIpc) is 2.65. The van der Waals surface area contributed by atoms with E-state index in [1.54, 1.807) is 11.8 Å². The first-order valence-corrected chi connectivity index (χ1v) is 9.60. The molecule has 136 valence electrons. The third-order valence-corrected chi connectivity index (χ3v) is 5.18. The molecule has 0 unspecified atom stereocenters. The molecule has 0 aliphatic carbocycles. The number of nitrogens with zero attached hydrogens (tertiary/aromatic N) is 2. The molecule has 1 heterocycles. The number of halogens is 1. The Bertz CT molecular complexity index is 770. The highest BCUT2D eigenvalue weighted by Gasteiger charge is 2.16. The van der Waals surface area contributed by atoms with Crippen LogP contribution < -0.4 is 0 Å². The molecule has 0 bridgehead atoms. The number of benzene rings is 1. The minimum Gasteiger partial charge on any atom is -0.343 e. The summed E-state index contributed by atoms with van der Waals surface area (Å²) in [5.74, 6) is 0.595. The van der Waals surface area contributed by atoms with Crippen LogP contribution in [-0.2, 0) is 5.75 Å². The summed E-state index contributed by atoms with van der Waals surface area (Å²) in [5.41, 5.74) is 4.43. The van der Waals surface area contributed by atoms with E-state index in [0.29, 0.717) is 0 Å². The largest absolute Gasteiger partial charge is 0.343 e. The van der Waals surface area contributed by atoms with Gasteiger partial charge in [-0.25, -0.2) is 4.39 Å². The molecule has 2 rings (SSSR count). The van der Waals surface area contributed by atoms with Crippen LogP contribution in [0.2, 0.25) is 0 Å². The van der Waals surface area contributed by atoms with Crippen LogP contribution in [0.15, 0.2) is 88.7 Å². The van der Waals surface area contributed by atoms with Crippen molar-refractivity contribution in [1.82, 2.24) is 4.90 Å². The van der Waals surface area contributed by atoms with Gasteiger partial charge in [0.25, 0.3) is 0 Å². The molecule has 0 amide bonds. The number of rotatable bonds is 8. The lowest BCUT2D eigenvalue weighted by Crippen LogP contribution is -2.19. The predicted molar refractivity (Wildman–Crippen MR) is 112 cm³/mol. The van der Waals surface area contributed by atoms with E-state index in [-0.39, 0.29) is 5.82 Å². The first-order valence-electron chi connectivity index (χ1n) is 8.62. The minimum absolute atomic E-state index is 0.202. The molecule has 0 spiro atoms. The van der Waals surface area contributed by atoms with Crippen molar-refractivity contribution in [1.29, 1.82) is 0 Å². The van der Waals surface area contributed by atoms with Crippen LogP contribution in [0.3, 0.4) is 0 Å². The minimum atomic E-state index is -0.202. The van der Waals surface area contributed by atoms with Gasteiger partial charge in [0.1, 0.15) is 5.82 Å². The van der Waals surface area contributed by atoms with Crippen molar-refractivity contribution >= 4 is 18.0 Å². The Kier molecular flexibility index (Phi) is 7.67. The monoisotopic (exact) mass is 368 g/mol. The standard InChI is InChI=1S/C22H25FN2S/c1-5-18(14-24-6-2)13-20-15-25(7-3)22(12-17(20)4)26-16-19-8-10-21(23)11-9-19/h5-6,8-12,14-15H,2,4,7,13,16H2,1,3H3/b18-5-,24-14?. The summed E-state index contributed by atoms with van der Waals surface area (Å²) in [6.07, 6.45) is 10.5. The fraction of sp³-hybridized carbons (Fsp3) is 0.227. The molecule has 1 aliphatic heterocycles. The molecule has 0 aromatic heterocycles. The lowest BCUT2D eigenvalue weighted by atomic mass is 9.98. The fourth-order valence-electron chi connectivity index (χ4n) is 2.52. The van der Waals surface area contributed by atoms with Crippen molar-refractivity contribution in [2.45, 2.75) is 26.0 Å². The Morgan fingerprint density at radius 3 is 2.65 bits per heavy atom. The topological polar surface area (TPSA) is 15.6 Å². The van der Waals surface area contributed by atoms with Gasteiger partial charge in [-0.05, 0) is 54.3 Å². The van der Waals surface area contributed by atoms with E-state index in [0.717, 1.165) is 40.5 Å². The predicted octanol–water partition coefficient (Wildman–Crippen LogP) is 6.23. The Labute approximate surface area is 160 Å². The summed E-state index contributed by atoms with van der Waals surface area (Å²) in [5, 5.41) is 1.16. The smallest absolute Gasteiger partial charge is 0.123 e. The second-order valence-electron chi connectivity index (χ2n) is 5.86. The first-order chi connectivity index (χ1) is 12.6. The van der Waals surface area contributed by atoms with Gasteiger partial charge < -0.3 is 4.90 Å². The van der Waals surface area contributed by atoms with Crippen LogP contribution in [0.5, 0.6) is 0 Å². The Morgan fingerprint density at radius 1 is 1.31 bits per heavy atom. The van der Waals surface area contributed by atoms with E-state index >= 15 is 0 Å². The summed E-state index contributed by atoms with van der Waals surface area (Å²) < 4.78 is 13.0. The summed E-state index contributed by atoms with van der Waals surface area (Å²) in [7, 11) is 0. The Morgan fingerprint density at radius 2 is 2.04 bits per heavy atom. The highest BCUT2D eigenvalue weighted by molar-refractivity contribution is 8.02. The van der Waals surface area contributed by atoms with Gasteiger partial charge in [-0.15, -0.1) is 11.8 Å². The Hall–Kier alpha value is -2.33. The second kappa shape index (κ2) is 9.97. The summed E-state index contributed by atoms with van der Waals surface area (Å²) in [6.45, 7) is 12.9. The summed E-state index contributed by atoms with van der Waals surface area (Å²) >= 11 is 1.74. The van der Waals surface area contributed by atoms with Gasteiger partial charge >= 0.3 is 0 Å². The van der Waals surface area contributed by atoms with Gasteiger partial charge in [0.2, 0.25) is 0 Å². The van der Waals surface area contributed by atoms with Crippen molar-refractivity contribution in [3.05, 3.63) is 95.1 Å². The molecule has 0 N–H and O–H groups in total. The highest BCUT2D eigenvalue weighted by Crippen LogP contribution is 2.33. The lowest BCUT2D eigenvalue weighted by molar-refractivity contribution is 0.514. The van der Waals surface area contributed by atoms with Crippen molar-refractivity contribution in [2.24, 2.45) is 4.99 Å². The van der Waals surface area contributed by atoms with Gasteiger partial charge in [0.15, 0.2) is 0 Å². The lowest BCUT2D eigenvalue weighted by Gasteiger charge is -2.28. The SMILES string of the molecule is C=CN=C/C(=C\C)CC1=CN(CC)C(SCc2ccc(F)cc2)=CC1=C. The molecule has 1 aliphatic rings. The molecule has 0 radical (unpaired) electrons. The molecule has 0 saturated heterocycles. The molecule has 0 fully saturated rings. The number of aliphatic imine (C=N–C) groups is 1. The number of hydrogen-bond acceptors (Lipinski definition) is 3. The summed E-state index contributed by atoms with van der Waals surface area (Å²) in [4.78, 5) is 6.34. The normalized spacial score (nSPS) is 15.3. The molecule has 1 aromatic rings. The van der Waals surface area contributed by atoms with Crippen molar-refractivity contribution in [2.75, 3.05) is 6.54 Å². The van der Waals surface area contributed by atoms with Crippen LogP contribution in [0.1, 0.15) is 25.8 Å². The third kappa shape index (κ3) is 5.60. The number of allylic oxidation sites excluding steroid dienone is 5. The molecule has 2 nitrogen and oxygen atoms in total.